The van der Waals surface area contributed by atoms with E-state index in [1.54, 1.807) is 41.0 Å². The van der Waals surface area contributed by atoms with E-state index in [-0.39, 0.29) is 17.6 Å². The Hall–Kier alpha value is -3.22. The largest absolute Gasteiger partial charge is 0.494 e. The van der Waals surface area contributed by atoms with Crippen molar-refractivity contribution >= 4 is 9.84 Å². The predicted octanol–water partition coefficient (Wildman–Crippen LogP) is 2.45. The van der Waals surface area contributed by atoms with Crippen LogP contribution in [0.4, 0.5) is 0 Å². The summed E-state index contributed by atoms with van der Waals surface area (Å²) in [6.07, 6.45) is 0.202. The molecule has 200 valence electrons. The minimum absolute atomic E-state index is 0.133. The van der Waals surface area contributed by atoms with E-state index in [1.165, 1.54) is 28.3 Å². The number of benzene rings is 1. The summed E-state index contributed by atoms with van der Waals surface area (Å²) in [5, 5.41) is 18.5. The maximum atomic E-state index is 13.6. The quantitative estimate of drug-likeness (QED) is 0.415. The fraction of sp³-hybridized carbons (Fsp3) is 0.480. The minimum Gasteiger partial charge on any atom is -0.494 e. The first-order chi connectivity index (χ1) is 17.8. The van der Waals surface area contributed by atoms with Crippen LogP contribution in [0.5, 0.6) is 17.4 Å². The van der Waals surface area contributed by atoms with Crippen molar-refractivity contribution in [3.8, 4) is 34.6 Å². The van der Waals surface area contributed by atoms with Gasteiger partial charge in [0.05, 0.1) is 32.7 Å². The first kappa shape index (κ1) is 26.8. The van der Waals surface area contributed by atoms with Crippen LogP contribution < -0.4 is 14.2 Å². The average molecular weight is 533 g/mol. The van der Waals surface area contributed by atoms with Crippen LogP contribution in [0.15, 0.2) is 36.4 Å². The third-order valence-electron chi connectivity index (χ3n) is 6.64. The number of methoxy groups -OCH3 is 3. The Kier molecular flexibility index (Phi) is 8.30. The lowest BCUT2D eigenvalue weighted by molar-refractivity contribution is 0.00813. The Morgan fingerprint density at radius 2 is 1.68 bits per heavy atom. The molecule has 1 aliphatic heterocycles. The van der Waals surface area contributed by atoms with E-state index in [9.17, 15) is 13.5 Å². The smallest absolute Gasteiger partial charge is 0.213 e. The molecule has 1 aromatic carbocycles. The summed E-state index contributed by atoms with van der Waals surface area (Å²) in [6, 6.07) is 10.4. The molecule has 2 aromatic heterocycles. The number of nitrogens with zero attached hydrogens (tertiary/aromatic N) is 4. The Morgan fingerprint density at radius 1 is 1.03 bits per heavy atom. The van der Waals surface area contributed by atoms with Gasteiger partial charge in [-0.05, 0) is 43.9 Å². The number of aromatic nitrogens is 4. The number of para-hydroxylation sites is 1. The van der Waals surface area contributed by atoms with Gasteiger partial charge in [0.1, 0.15) is 28.6 Å². The molecule has 0 radical (unpaired) electrons. The maximum Gasteiger partial charge on any atom is 0.213 e. The molecule has 0 unspecified atom stereocenters. The number of sulfone groups is 1. The monoisotopic (exact) mass is 532 g/mol. The van der Waals surface area contributed by atoms with Crippen LogP contribution in [0.3, 0.4) is 0 Å². The lowest BCUT2D eigenvalue weighted by Gasteiger charge is -2.30. The zero-order valence-corrected chi connectivity index (χ0v) is 22.1. The molecule has 3 aromatic rings. The summed E-state index contributed by atoms with van der Waals surface area (Å²) >= 11 is 0. The molecule has 2 atom stereocenters. The Bertz CT molecular complexity index is 1300. The van der Waals surface area contributed by atoms with Crippen molar-refractivity contribution in [1.82, 2.24) is 19.7 Å². The Balaban J connectivity index is 1.81. The molecule has 1 N–H and O–H groups in total. The maximum absolute atomic E-state index is 13.6. The summed E-state index contributed by atoms with van der Waals surface area (Å²) in [4.78, 5) is 4.46. The number of hydrogen-bond acceptors (Lipinski definition) is 10. The molecule has 0 aliphatic carbocycles. The average Bonchev–Trinajstić information content (AvgIpc) is 3.34. The van der Waals surface area contributed by atoms with E-state index >= 15 is 0 Å². The third kappa shape index (κ3) is 5.55. The van der Waals surface area contributed by atoms with Gasteiger partial charge in [-0.3, -0.25) is 4.57 Å². The number of rotatable bonds is 10. The van der Waals surface area contributed by atoms with Crippen LogP contribution in [0.2, 0.25) is 0 Å². The molecule has 3 heterocycles. The Morgan fingerprint density at radius 3 is 2.30 bits per heavy atom. The molecule has 11 nitrogen and oxygen atoms in total. The standard InChI is InChI=1S/C25H32N4O7S/c1-16(24(30)17-11-13-36-14-12-17)37(31,32)15-21-27-28-25(18-7-5-10-22(26-18)35-4)29(21)23-19(33-2)8-6-9-20(23)34-3/h5-10,16-17,24,30H,11-15H2,1-4H3/t16-,24-/m0/s1. The van der Waals surface area contributed by atoms with Crippen molar-refractivity contribution in [2.24, 2.45) is 5.92 Å². The molecular formula is C25H32N4O7S. The van der Waals surface area contributed by atoms with Gasteiger partial charge in [0, 0.05) is 19.3 Å². The van der Waals surface area contributed by atoms with Crippen molar-refractivity contribution in [1.29, 1.82) is 0 Å². The van der Waals surface area contributed by atoms with Crippen LogP contribution in [-0.4, -0.2) is 79.2 Å². The topological polar surface area (TPSA) is 135 Å². The molecule has 0 amide bonds. The zero-order valence-electron chi connectivity index (χ0n) is 21.3. The fourth-order valence-electron chi connectivity index (χ4n) is 4.48. The lowest BCUT2D eigenvalue weighted by atomic mass is 9.92. The normalized spacial score (nSPS) is 16.2. The highest BCUT2D eigenvalue weighted by Gasteiger charge is 2.36. The SMILES string of the molecule is COc1cccc(-c2nnc(CS(=O)(=O)[C@@H](C)[C@H](O)C3CCOCC3)n2-c2c(OC)cccc2OC)n1. The van der Waals surface area contributed by atoms with Crippen LogP contribution in [0.1, 0.15) is 25.6 Å². The summed E-state index contributed by atoms with van der Waals surface area (Å²) < 4.78 is 50.5. The van der Waals surface area contributed by atoms with Gasteiger partial charge in [0.15, 0.2) is 21.5 Å². The van der Waals surface area contributed by atoms with Crippen molar-refractivity contribution in [2.45, 2.75) is 36.9 Å². The summed E-state index contributed by atoms with van der Waals surface area (Å²) in [5.41, 5.74) is 0.846. The van der Waals surface area contributed by atoms with E-state index in [0.717, 1.165) is 0 Å². The number of pyridine rings is 1. The number of hydrogen-bond donors (Lipinski definition) is 1. The van der Waals surface area contributed by atoms with Crippen LogP contribution in [-0.2, 0) is 20.3 Å². The molecule has 0 saturated carbocycles. The van der Waals surface area contributed by atoms with Crippen molar-refractivity contribution in [3.63, 3.8) is 0 Å². The second-order valence-corrected chi connectivity index (χ2v) is 11.2. The van der Waals surface area contributed by atoms with Gasteiger partial charge < -0.3 is 24.1 Å². The first-order valence-electron chi connectivity index (χ1n) is 11.9. The van der Waals surface area contributed by atoms with E-state index in [1.807, 2.05) is 0 Å². The van der Waals surface area contributed by atoms with Gasteiger partial charge in [-0.15, -0.1) is 10.2 Å². The number of ether oxygens (including phenoxy) is 4. The van der Waals surface area contributed by atoms with Gasteiger partial charge in [-0.2, -0.15) is 0 Å². The summed E-state index contributed by atoms with van der Waals surface area (Å²) in [6.45, 7) is 2.55. The molecule has 0 bridgehead atoms. The van der Waals surface area contributed by atoms with Crippen molar-refractivity contribution in [3.05, 3.63) is 42.2 Å². The van der Waals surface area contributed by atoms with Crippen molar-refractivity contribution in [2.75, 3.05) is 34.5 Å². The molecule has 4 rings (SSSR count). The van der Waals surface area contributed by atoms with Crippen LogP contribution >= 0.6 is 0 Å². The van der Waals surface area contributed by atoms with E-state index in [4.69, 9.17) is 18.9 Å². The van der Waals surface area contributed by atoms with Crippen LogP contribution in [0.25, 0.3) is 17.2 Å². The summed E-state index contributed by atoms with van der Waals surface area (Å²) in [7, 11) is 0.667. The van der Waals surface area contributed by atoms with E-state index in [2.05, 4.69) is 15.2 Å². The third-order valence-corrected chi connectivity index (χ3v) is 8.72. The van der Waals surface area contributed by atoms with Gasteiger partial charge in [0.25, 0.3) is 0 Å². The van der Waals surface area contributed by atoms with E-state index in [0.29, 0.717) is 54.8 Å². The lowest BCUT2D eigenvalue weighted by Crippen LogP contribution is -2.40. The second-order valence-electron chi connectivity index (χ2n) is 8.80. The zero-order chi connectivity index (χ0) is 26.6. The first-order valence-corrected chi connectivity index (χ1v) is 13.7. The van der Waals surface area contributed by atoms with Gasteiger partial charge in [-0.1, -0.05) is 12.1 Å². The second kappa shape index (κ2) is 11.4. The number of aliphatic hydroxyl groups is 1. The Labute approximate surface area is 216 Å². The van der Waals surface area contributed by atoms with Gasteiger partial charge in [-0.25, -0.2) is 13.4 Å². The molecule has 1 aliphatic rings. The highest BCUT2D eigenvalue weighted by molar-refractivity contribution is 7.91. The molecule has 0 spiro atoms. The molecular weight excluding hydrogens is 500 g/mol. The number of aliphatic hydroxyl groups excluding tert-OH is 1. The molecule has 1 saturated heterocycles. The van der Waals surface area contributed by atoms with E-state index < -0.39 is 26.9 Å². The summed E-state index contributed by atoms with van der Waals surface area (Å²) in [5.74, 6) is 1.02. The minimum atomic E-state index is -3.85. The van der Waals surface area contributed by atoms with Crippen molar-refractivity contribution < 1.29 is 32.5 Å². The van der Waals surface area contributed by atoms with Gasteiger partial charge >= 0.3 is 0 Å². The molecule has 12 heteroatoms. The van der Waals surface area contributed by atoms with Crippen LogP contribution in [0, 0.1) is 5.92 Å². The highest BCUT2D eigenvalue weighted by Crippen LogP contribution is 2.37. The fourth-order valence-corrected chi connectivity index (χ4v) is 5.94. The van der Waals surface area contributed by atoms with Gasteiger partial charge in [0.2, 0.25) is 5.88 Å². The molecule has 1 fully saturated rings. The predicted molar refractivity (Wildman–Crippen MR) is 136 cm³/mol. The molecule has 37 heavy (non-hydrogen) atoms. The highest BCUT2D eigenvalue weighted by atomic mass is 32.2.